The number of alkyl halides is 1. The number of carbonyl (C=O) groups is 1. The van der Waals surface area contributed by atoms with Crippen molar-refractivity contribution in [3.63, 3.8) is 0 Å². The summed E-state index contributed by atoms with van der Waals surface area (Å²) < 4.78 is 17.5. The Kier molecular flexibility index (Phi) is 2.86. The van der Waals surface area contributed by atoms with Gasteiger partial charge in [-0.05, 0) is 6.92 Å². The van der Waals surface area contributed by atoms with Crippen molar-refractivity contribution in [2.24, 2.45) is 5.73 Å². The van der Waals surface area contributed by atoms with Gasteiger partial charge in [-0.1, -0.05) is 0 Å². The molecule has 0 aromatic carbocycles. The van der Waals surface area contributed by atoms with E-state index >= 15 is 0 Å². The highest BCUT2D eigenvalue weighted by atomic mass is 19.1. The van der Waals surface area contributed by atoms with Crippen molar-refractivity contribution in [2.45, 2.75) is 19.1 Å². The van der Waals surface area contributed by atoms with E-state index in [1.54, 1.807) is 6.92 Å². The first kappa shape index (κ1) is 9.25. The Hall–Kier alpha value is -0.840. The van der Waals surface area contributed by atoms with E-state index in [9.17, 15) is 9.18 Å². The van der Waals surface area contributed by atoms with Crippen molar-refractivity contribution in [3.05, 3.63) is 0 Å². The molecule has 0 radical (unpaired) electrons. The van der Waals surface area contributed by atoms with E-state index < -0.39 is 18.3 Å². The second-order valence-corrected chi connectivity index (χ2v) is 2.78. The molecule has 12 heavy (non-hydrogen) atoms. The fourth-order valence-corrected chi connectivity index (χ4v) is 1.15. The molecule has 1 aliphatic heterocycles. The van der Waals surface area contributed by atoms with Crippen molar-refractivity contribution < 1.29 is 13.9 Å². The van der Waals surface area contributed by atoms with E-state index in [1.807, 2.05) is 0 Å². The van der Waals surface area contributed by atoms with Gasteiger partial charge in [-0.15, -0.1) is 0 Å². The Labute approximate surface area is 70.5 Å². The van der Waals surface area contributed by atoms with Gasteiger partial charge in [0.1, 0.15) is 6.17 Å². The van der Waals surface area contributed by atoms with Crippen LogP contribution in [0.5, 0.6) is 0 Å². The number of nitrogens with zero attached hydrogens (tertiary/aromatic N) is 1. The minimum absolute atomic E-state index is 0.0556. The molecule has 1 rings (SSSR count). The van der Waals surface area contributed by atoms with Gasteiger partial charge in [0.25, 0.3) is 0 Å². The number of ether oxygens (including phenoxy) is 1. The largest absolute Gasteiger partial charge is 0.450 e. The van der Waals surface area contributed by atoms with E-state index in [0.717, 1.165) is 0 Å². The third-order valence-corrected chi connectivity index (χ3v) is 1.82. The molecule has 0 aromatic heterocycles. The average Bonchev–Trinajstić information content (AvgIpc) is 2.33. The minimum Gasteiger partial charge on any atom is -0.450 e. The number of hydrogen-bond acceptors (Lipinski definition) is 3. The maximum atomic E-state index is 12.8. The lowest BCUT2D eigenvalue weighted by atomic mass is 10.3. The Balaban J connectivity index is 2.40. The molecule has 1 aliphatic rings. The molecular weight excluding hydrogens is 163 g/mol. The summed E-state index contributed by atoms with van der Waals surface area (Å²) >= 11 is 0. The summed E-state index contributed by atoms with van der Waals surface area (Å²) in [7, 11) is 0. The van der Waals surface area contributed by atoms with Crippen molar-refractivity contribution >= 4 is 6.09 Å². The summed E-state index contributed by atoms with van der Waals surface area (Å²) in [6.07, 6.45) is -1.59. The Morgan fingerprint density at radius 1 is 1.75 bits per heavy atom. The molecule has 0 bridgehead atoms. The highest BCUT2D eigenvalue weighted by molar-refractivity contribution is 5.68. The molecule has 0 aliphatic carbocycles. The molecule has 0 saturated carbocycles. The van der Waals surface area contributed by atoms with Crippen molar-refractivity contribution in [1.82, 2.24) is 4.90 Å². The van der Waals surface area contributed by atoms with Gasteiger partial charge in [-0.2, -0.15) is 0 Å². The van der Waals surface area contributed by atoms with Crippen molar-refractivity contribution in [2.75, 3.05) is 19.7 Å². The maximum absolute atomic E-state index is 12.8. The minimum atomic E-state index is -1.12. The molecule has 2 atom stereocenters. The number of rotatable bonds is 1. The molecule has 0 spiro atoms. The summed E-state index contributed by atoms with van der Waals surface area (Å²) in [6.45, 7) is 2.32. The lowest BCUT2D eigenvalue weighted by Gasteiger charge is -2.13. The molecule has 4 nitrogen and oxygen atoms in total. The van der Waals surface area contributed by atoms with Crippen LogP contribution in [0.4, 0.5) is 9.18 Å². The molecule has 1 heterocycles. The number of carbonyl (C=O) groups excluding carboxylic acids is 1. The van der Waals surface area contributed by atoms with Crippen LogP contribution in [0.25, 0.3) is 0 Å². The Morgan fingerprint density at radius 3 is 2.83 bits per heavy atom. The molecule has 1 fully saturated rings. The van der Waals surface area contributed by atoms with Gasteiger partial charge in [-0.25, -0.2) is 9.18 Å². The van der Waals surface area contributed by atoms with Gasteiger partial charge >= 0.3 is 6.09 Å². The van der Waals surface area contributed by atoms with E-state index in [0.29, 0.717) is 6.61 Å². The molecule has 70 valence electrons. The van der Waals surface area contributed by atoms with E-state index in [1.165, 1.54) is 4.90 Å². The summed E-state index contributed by atoms with van der Waals surface area (Å²) in [4.78, 5) is 12.3. The van der Waals surface area contributed by atoms with Crippen LogP contribution >= 0.6 is 0 Å². The highest BCUT2D eigenvalue weighted by Gasteiger charge is 2.33. The van der Waals surface area contributed by atoms with Crippen LogP contribution in [-0.4, -0.2) is 42.9 Å². The monoisotopic (exact) mass is 176 g/mol. The lowest BCUT2D eigenvalue weighted by molar-refractivity contribution is 0.113. The standard InChI is InChI=1S/C7H13FN2O2/c1-2-12-7(11)10-3-5(8)6(9)4-10/h5-6H,2-4,9H2,1H3. The van der Waals surface area contributed by atoms with Gasteiger partial charge < -0.3 is 15.4 Å². The van der Waals surface area contributed by atoms with Crippen molar-refractivity contribution in [3.8, 4) is 0 Å². The predicted octanol–water partition coefficient (Wildman–Crippen LogP) is 0.124. The van der Waals surface area contributed by atoms with Crippen LogP contribution in [0.2, 0.25) is 0 Å². The molecule has 1 saturated heterocycles. The van der Waals surface area contributed by atoms with Gasteiger partial charge in [0.2, 0.25) is 0 Å². The zero-order valence-corrected chi connectivity index (χ0v) is 7.00. The van der Waals surface area contributed by atoms with Crippen LogP contribution in [0.1, 0.15) is 6.92 Å². The van der Waals surface area contributed by atoms with Gasteiger partial charge in [-0.3, -0.25) is 0 Å². The number of halogens is 1. The van der Waals surface area contributed by atoms with Gasteiger partial charge in [0.15, 0.2) is 0 Å². The summed E-state index contributed by atoms with van der Waals surface area (Å²) in [6, 6.07) is -0.561. The maximum Gasteiger partial charge on any atom is 0.409 e. The Morgan fingerprint density at radius 2 is 2.42 bits per heavy atom. The summed E-state index contributed by atoms with van der Waals surface area (Å²) in [5.74, 6) is 0. The van der Waals surface area contributed by atoms with E-state index in [2.05, 4.69) is 4.74 Å². The Bertz CT molecular complexity index is 167. The predicted molar refractivity (Wildman–Crippen MR) is 41.5 cm³/mol. The molecule has 0 aromatic rings. The zero-order chi connectivity index (χ0) is 9.14. The highest BCUT2D eigenvalue weighted by Crippen LogP contribution is 2.12. The molecule has 2 N–H and O–H groups in total. The topological polar surface area (TPSA) is 55.6 Å². The second kappa shape index (κ2) is 3.71. The van der Waals surface area contributed by atoms with Crippen molar-refractivity contribution in [1.29, 1.82) is 0 Å². The molecular formula is C7H13FN2O2. The molecule has 2 unspecified atom stereocenters. The molecule has 5 heteroatoms. The quantitative estimate of drug-likeness (QED) is 0.617. The number of nitrogens with two attached hydrogens (primary N) is 1. The van der Waals surface area contributed by atoms with E-state index in [4.69, 9.17) is 5.73 Å². The second-order valence-electron chi connectivity index (χ2n) is 2.78. The SMILES string of the molecule is CCOC(=O)N1CC(N)C(F)C1. The van der Waals surface area contributed by atoms with Crippen LogP contribution < -0.4 is 5.73 Å². The third-order valence-electron chi connectivity index (χ3n) is 1.82. The fraction of sp³-hybridized carbons (Fsp3) is 0.857. The summed E-state index contributed by atoms with van der Waals surface area (Å²) in [5, 5.41) is 0. The van der Waals surface area contributed by atoms with E-state index in [-0.39, 0.29) is 13.1 Å². The first-order valence-electron chi connectivity index (χ1n) is 3.96. The average molecular weight is 176 g/mol. The number of likely N-dealkylation sites (tertiary alicyclic amines) is 1. The number of amides is 1. The normalized spacial score (nSPS) is 29.1. The van der Waals surface area contributed by atoms with Crippen LogP contribution in [0, 0.1) is 0 Å². The third kappa shape index (κ3) is 1.85. The fourth-order valence-electron chi connectivity index (χ4n) is 1.15. The molecule has 1 amide bonds. The smallest absolute Gasteiger partial charge is 0.409 e. The number of hydrogen-bond donors (Lipinski definition) is 1. The van der Waals surface area contributed by atoms with Crippen LogP contribution in [0.15, 0.2) is 0 Å². The first-order chi connectivity index (χ1) is 5.65. The summed E-state index contributed by atoms with van der Waals surface area (Å²) in [5.41, 5.74) is 5.38. The van der Waals surface area contributed by atoms with Gasteiger partial charge in [0.05, 0.1) is 19.2 Å². The zero-order valence-electron chi connectivity index (χ0n) is 7.00. The van der Waals surface area contributed by atoms with Gasteiger partial charge in [0, 0.05) is 6.54 Å². The first-order valence-corrected chi connectivity index (χ1v) is 3.96. The lowest BCUT2D eigenvalue weighted by Crippen LogP contribution is -2.32. The van der Waals surface area contributed by atoms with Crippen LogP contribution in [-0.2, 0) is 4.74 Å². The van der Waals surface area contributed by atoms with Crippen LogP contribution in [0.3, 0.4) is 0 Å².